The quantitative estimate of drug-likeness (QED) is 0.138. The van der Waals surface area contributed by atoms with E-state index < -0.39 is 24.2 Å². The molecule has 0 saturated heterocycles. The summed E-state index contributed by atoms with van der Waals surface area (Å²) in [6, 6.07) is 90.0. The monoisotopic (exact) mass is 1090 g/mol. The summed E-state index contributed by atoms with van der Waals surface area (Å²) in [6.45, 7) is 0. The smallest absolute Gasteiger partial charge is 0.143 e. The molecule has 1 nitrogen and oxygen atoms in total. The van der Waals surface area contributed by atoms with Crippen LogP contribution in [0.5, 0.6) is 0 Å². The molecule has 17 aromatic rings. The van der Waals surface area contributed by atoms with Gasteiger partial charge < -0.3 is 4.42 Å². The predicted molar refractivity (Wildman–Crippen MR) is 363 cm³/mol. The molecule has 0 atom stereocenters. The van der Waals surface area contributed by atoms with E-state index in [0.29, 0.717) is 22.3 Å². The predicted octanol–water partition coefficient (Wildman–Crippen LogP) is 23.2. The standard InChI is InChI=1S/C43H28O.C41H28/c1-2-12-28(13-3-1)30-15-10-16-31(26-30)41-36-21-8-6-19-34(36)39(35-20-7-9-22-37(35)41)27-32-17-11-23-40-42(32)38-25-24-29-14-4-5-18-33(29)43(38)44-40;1-2-12-32-27-33(25-24-29(32)10-1)30-22-20-28(21-23-30)26-40-35-15-5-7-17-38(35)41(39-18-8-6-16-36(39)40)37-19-9-13-31-11-3-4-14-34(31)37/h1-26H,27H2;1-25,27H,26H2/i6D,7D,8D,9D,19D,20D,21D,22D;. The maximum Gasteiger partial charge on any atom is 0.143 e. The summed E-state index contributed by atoms with van der Waals surface area (Å²) < 4.78 is 78.8. The Balaban J connectivity index is 0.000000152. The lowest BCUT2D eigenvalue weighted by molar-refractivity contribution is 0.672. The normalized spacial score (nSPS) is 12.9. The minimum atomic E-state index is -0.418. The van der Waals surface area contributed by atoms with Crippen molar-refractivity contribution in [1.29, 1.82) is 0 Å². The molecular formula is C84H56O. The van der Waals surface area contributed by atoms with Crippen molar-refractivity contribution in [3.8, 4) is 44.5 Å². The lowest BCUT2D eigenvalue weighted by Crippen LogP contribution is -1.96. The summed E-state index contributed by atoms with van der Waals surface area (Å²) in [5.41, 5.74) is 13.1. The molecule has 1 heteroatoms. The average Bonchev–Trinajstić information content (AvgIpc) is 1.45. The fourth-order valence-corrected chi connectivity index (χ4v) is 13.1. The number of hydrogen-bond acceptors (Lipinski definition) is 1. The van der Waals surface area contributed by atoms with Gasteiger partial charge in [-0.15, -0.1) is 0 Å². The van der Waals surface area contributed by atoms with Crippen LogP contribution in [0.4, 0.5) is 0 Å². The van der Waals surface area contributed by atoms with Crippen LogP contribution >= 0.6 is 0 Å². The van der Waals surface area contributed by atoms with Gasteiger partial charge in [-0.3, -0.25) is 0 Å². The van der Waals surface area contributed by atoms with Gasteiger partial charge >= 0.3 is 0 Å². The van der Waals surface area contributed by atoms with Crippen LogP contribution in [0.15, 0.2) is 320 Å². The Bertz CT molecular complexity index is 5770. The maximum absolute atomic E-state index is 9.32. The van der Waals surface area contributed by atoms with Gasteiger partial charge in [0.1, 0.15) is 11.2 Å². The zero-order valence-electron chi connectivity index (χ0n) is 54.2. The molecule has 0 N–H and O–H groups in total. The first-order valence-corrected chi connectivity index (χ1v) is 28.9. The van der Waals surface area contributed by atoms with E-state index in [2.05, 4.69) is 158 Å². The van der Waals surface area contributed by atoms with E-state index in [-0.39, 0.29) is 52.1 Å². The molecule has 0 aliphatic heterocycles. The molecule has 85 heavy (non-hydrogen) atoms. The van der Waals surface area contributed by atoms with Gasteiger partial charge in [-0.05, 0) is 174 Å². The summed E-state index contributed by atoms with van der Waals surface area (Å²) >= 11 is 0. The van der Waals surface area contributed by atoms with E-state index >= 15 is 0 Å². The summed E-state index contributed by atoms with van der Waals surface area (Å²) in [7, 11) is 0. The van der Waals surface area contributed by atoms with E-state index in [1.807, 2.05) is 109 Å². The van der Waals surface area contributed by atoms with Crippen LogP contribution in [-0.2, 0) is 12.8 Å². The van der Waals surface area contributed by atoms with Crippen LogP contribution in [0.1, 0.15) is 33.2 Å². The highest BCUT2D eigenvalue weighted by atomic mass is 16.3. The second-order valence-electron chi connectivity index (χ2n) is 21.9. The maximum atomic E-state index is 9.32. The number of rotatable bonds is 8. The number of furan rings is 1. The Morgan fingerprint density at radius 1 is 0.282 bits per heavy atom. The van der Waals surface area contributed by atoms with Crippen molar-refractivity contribution < 1.29 is 15.4 Å². The molecular weight excluding hydrogens is 1020 g/mol. The molecule has 0 fully saturated rings. The van der Waals surface area contributed by atoms with Gasteiger partial charge in [-0.1, -0.05) is 291 Å². The summed E-state index contributed by atoms with van der Waals surface area (Å²) in [4.78, 5) is 0. The van der Waals surface area contributed by atoms with E-state index in [1.165, 1.54) is 76.5 Å². The molecule has 16 aromatic carbocycles. The molecule has 1 aromatic heterocycles. The van der Waals surface area contributed by atoms with Crippen LogP contribution in [0, 0.1) is 0 Å². The molecule has 0 aliphatic carbocycles. The van der Waals surface area contributed by atoms with Crippen molar-refractivity contribution in [2.45, 2.75) is 12.8 Å². The molecule has 0 unspecified atom stereocenters. The first-order chi connectivity index (χ1) is 45.5. The fraction of sp³-hybridized carbons (Fsp3) is 0.0238. The van der Waals surface area contributed by atoms with Crippen molar-refractivity contribution >= 4 is 97.3 Å². The molecule has 0 radical (unpaired) electrons. The molecule has 1 heterocycles. The second-order valence-corrected chi connectivity index (χ2v) is 21.9. The molecule has 0 amide bonds. The summed E-state index contributed by atoms with van der Waals surface area (Å²) in [5.74, 6) is 0. The van der Waals surface area contributed by atoms with Crippen LogP contribution < -0.4 is 0 Å². The third-order valence-electron chi connectivity index (χ3n) is 17.1. The summed E-state index contributed by atoms with van der Waals surface area (Å²) in [5, 5.41) is 15.0. The highest BCUT2D eigenvalue weighted by molar-refractivity contribution is 6.20. The topological polar surface area (TPSA) is 13.1 Å². The van der Waals surface area contributed by atoms with Crippen molar-refractivity contribution in [1.82, 2.24) is 0 Å². The molecule has 398 valence electrons. The zero-order chi connectivity index (χ0) is 63.2. The molecule has 0 spiro atoms. The first kappa shape index (κ1) is 42.0. The minimum Gasteiger partial charge on any atom is -0.455 e. The van der Waals surface area contributed by atoms with E-state index in [9.17, 15) is 5.48 Å². The van der Waals surface area contributed by atoms with Crippen molar-refractivity contribution in [2.75, 3.05) is 0 Å². The second kappa shape index (κ2) is 21.2. The zero-order valence-corrected chi connectivity index (χ0v) is 46.2. The number of benzene rings is 16. The number of fused-ring (bicyclic) bond motifs is 11. The summed E-state index contributed by atoms with van der Waals surface area (Å²) in [6.07, 6.45) is 0.995. The van der Waals surface area contributed by atoms with Gasteiger partial charge in [0.2, 0.25) is 0 Å². The van der Waals surface area contributed by atoms with Gasteiger partial charge in [-0.25, -0.2) is 0 Å². The Morgan fingerprint density at radius 3 is 1.49 bits per heavy atom. The first-order valence-electron chi connectivity index (χ1n) is 32.9. The Morgan fingerprint density at radius 2 is 0.776 bits per heavy atom. The molecule has 0 saturated carbocycles. The van der Waals surface area contributed by atoms with Crippen LogP contribution in [0.3, 0.4) is 0 Å². The fourth-order valence-electron chi connectivity index (χ4n) is 13.1. The highest BCUT2D eigenvalue weighted by Gasteiger charge is 2.21. The Kier molecular flexibility index (Phi) is 10.5. The van der Waals surface area contributed by atoms with E-state index in [1.54, 1.807) is 0 Å². The Labute approximate surface area is 505 Å². The van der Waals surface area contributed by atoms with Gasteiger partial charge in [0.25, 0.3) is 0 Å². The van der Waals surface area contributed by atoms with Gasteiger partial charge in [0.15, 0.2) is 0 Å². The Hall–Kier alpha value is -10.9. The van der Waals surface area contributed by atoms with Crippen molar-refractivity contribution in [3.05, 3.63) is 338 Å². The van der Waals surface area contributed by atoms with E-state index in [4.69, 9.17) is 9.90 Å². The van der Waals surface area contributed by atoms with Crippen LogP contribution in [0.25, 0.3) is 142 Å². The largest absolute Gasteiger partial charge is 0.455 e. The lowest BCUT2D eigenvalue weighted by atomic mass is 9.85. The SMILES string of the molecule is [2H]c1c([2H])c([2H])c2c(-c3cccc(-c4ccccc4)c3)c3c([2H])c([2H])c([2H])c([2H])c3c(Cc3cccc4oc5c6ccccc6ccc5c34)c2c1[2H].c1ccc2cc(-c3ccc(Cc4c5ccccc5c(-c5cccc6ccccc56)c5ccccc45)cc3)ccc2c1. The van der Waals surface area contributed by atoms with Gasteiger partial charge in [0, 0.05) is 16.2 Å². The molecule has 17 rings (SSSR count). The molecule has 0 aliphatic rings. The van der Waals surface area contributed by atoms with Crippen molar-refractivity contribution in [2.24, 2.45) is 0 Å². The van der Waals surface area contributed by atoms with Gasteiger partial charge in [-0.2, -0.15) is 0 Å². The number of hydrogen-bond donors (Lipinski definition) is 0. The van der Waals surface area contributed by atoms with E-state index in [0.717, 1.165) is 50.2 Å². The lowest BCUT2D eigenvalue weighted by Gasteiger charge is -2.18. The highest BCUT2D eigenvalue weighted by Crippen LogP contribution is 2.45. The third kappa shape index (κ3) is 8.88. The van der Waals surface area contributed by atoms with Gasteiger partial charge in [0.05, 0.1) is 11.0 Å². The van der Waals surface area contributed by atoms with Crippen LogP contribution in [-0.4, -0.2) is 0 Å². The van der Waals surface area contributed by atoms with Crippen molar-refractivity contribution in [3.63, 3.8) is 0 Å². The third-order valence-corrected chi connectivity index (χ3v) is 17.1. The minimum absolute atomic E-state index is 0.111. The van der Waals surface area contributed by atoms with Crippen LogP contribution in [0.2, 0.25) is 0 Å². The molecule has 0 bridgehead atoms. The average molecular weight is 1090 g/mol.